The first-order chi connectivity index (χ1) is 47.2. The van der Waals surface area contributed by atoms with Gasteiger partial charge in [-0.3, -0.25) is 9.59 Å². The highest BCUT2D eigenvalue weighted by molar-refractivity contribution is 5.76. The molecule has 1 aliphatic heterocycles. The van der Waals surface area contributed by atoms with Gasteiger partial charge in [-0.25, -0.2) is 0 Å². The number of aliphatic hydroxyl groups is 5. The Kier molecular flexibility index (Phi) is 70.9. The molecular weight excluding hydrogens is 1190 g/mol. The van der Waals surface area contributed by atoms with Crippen LogP contribution in [-0.2, 0) is 23.8 Å². The third-order valence-electron chi connectivity index (χ3n) is 20.2. The van der Waals surface area contributed by atoms with Crippen LogP contribution in [0.25, 0.3) is 0 Å². The Morgan fingerprint density at radius 1 is 0.375 bits per heavy atom. The number of carbonyl (C=O) groups excluding carboxylic acids is 2. The Morgan fingerprint density at radius 3 is 1.03 bits per heavy atom. The van der Waals surface area contributed by atoms with Crippen molar-refractivity contribution in [1.29, 1.82) is 0 Å². The van der Waals surface area contributed by atoms with Crippen LogP contribution in [0.4, 0.5) is 0 Å². The van der Waals surface area contributed by atoms with Crippen LogP contribution in [-0.4, -0.2) is 100 Å². The minimum absolute atomic E-state index is 0.0215. The number of hydrogen-bond donors (Lipinski definition) is 6. The fraction of sp³-hybridized carbons (Fsp3) is 0.906. The van der Waals surface area contributed by atoms with E-state index in [0.29, 0.717) is 19.4 Å². The highest BCUT2D eigenvalue weighted by Gasteiger charge is 2.44. The first-order valence-corrected chi connectivity index (χ1v) is 42.3. The zero-order chi connectivity index (χ0) is 69.4. The molecule has 1 aliphatic rings. The number of ether oxygens (including phenoxy) is 3. The molecule has 1 amide bonds. The quantitative estimate of drug-likeness (QED) is 0.0195. The number of carbonyl (C=O) groups is 2. The summed E-state index contributed by atoms with van der Waals surface area (Å²) >= 11 is 0. The Labute approximate surface area is 594 Å². The number of aliphatic hydroxyl groups excluding tert-OH is 5. The molecule has 0 saturated carbocycles. The van der Waals surface area contributed by atoms with Gasteiger partial charge in [0.15, 0.2) is 6.29 Å². The van der Waals surface area contributed by atoms with Gasteiger partial charge in [0.25, 0.3) is 0 Å². The van der Waals surface area contributed by atoms with Gasteiger partial charge in [-0.15, -0.1) is 0 Å². The van der Waals surface area contributed by atoms with Gasteiger partial charge >= 0.3 is 5.97 Å². The summed E-state index contributed by atoms with van der Waals surface area (Å²) in [6, 6.07) is -0.824. The van der Waals surface area contributed by atoms with Gasteiger partial charge in [-0.1, -0.05) is 384 Å². The predicted molar refractivity (Wildman–Crippen MR) is 407 cm³/mol. The molecular formula is C85H161NO10. The van der Waals surface area contributed by atoms with Crippen molar-refractivity contribution < 1.29 is 49.3 Å². The van der Waals surface area contributed by atoms with Crippen molar-refractivity contribution in [2.24, 2.45) is 0 Å². The molecule has 0 spiro atoms. The molecule has 0 aromatic rings. The highest BCUT2D eigenvalue weighted by Crippen LogP contribution is 2.24. The first-order valence-electron chi connectivity index (χ1n) is 42.3. The van der Waals surface area contributed by atoms with E-state index in [4.69, 9.17) is 14.2 Å². The summed E-state index contributed by atoms with van der Waals surface area (Å²) in [6.07, 6.45) is 87.8. The summed E-state index contributed by atoms with van der Waals surface area (Å²) in [5.41, 5.74) is 0. The van der Waals surface area contributed by atoms with Gasteiger partial charge in [0.2, 0.25) is 5.91 Å². The molecule has 11 nitrogen and oxygen atoms in total. The molecule has 96 heavy (non-hydrogen) atoms. The van der Waals surface area contributed by atoms with E-state index in [1.54, 1.807) is 6.08 Å². The van der Waals surface area contributed by atoms with Crippen molar-refractivity contribution in [2.75, 3.05) is 19.8 Å². The number of rotatable bonds is 76. The number of esters is 1. The predicted octanol–water partition coefficient (Wildman–Crippen LogP) is 23.3. The lowest BCUT2D eigenvalue weighted by Crippen LogP contribution is -2.60. The largest absolute Gasteiger partial charge is 0.466 e. The maximum Gasteiger partial charge on any atom is 0.305 e. The van der Waals surface area contributed by atoms with E-state index in [2.05, 4.69) is 43.5 Å². The van der Waals surface area contributed by atoms with Gasteiger partial charge in [-0.05, 0) is 70.6 Å². The van der Waals surface area contributed by atoms with E-state index >= 15 is 0 Å². The van der Waals surface area contributed by atoms with E-state index in [0.717, 1.165) is 51.4 Å². The van der Waals surface area contributed by atoms with Crippen LogP contribution in [0.3, 0.4) is 0 Å². The number of allylic oxidation sites excluding steroid dienone is 5. The second kappa shape index (κ2) is 74.1. The van der Waals surface area contributed by atoms with Crippen molar-refractivity contribution in [3.05, 3.63) is 36.5 Å². The molecule has 0 aromatic heterocycles. The average Bonchev–Trinajstić information content (AvgIpc) is 0.852. The van der Waals surface area contributed by atoms with Crippen molar-refractivity contribution in [2.45, 2.75) is 474 Å². The van der Waals surface area contributed by atoms with E-state index < -0.39 is 49.5 Å². The topological polar surface area (TPSA) is 175 Å². The number of hydrogen-bond acceptors (Lipinski definition) is 10. The van der Waals surface area contributed by atoms with Gasteiger partial charge in [0.05, 0.1) is 32.0 Å². The van der Waals surface area contributed by atoms with Gasteiger partial charge in [0, 0.05) is 12.8 Å². The normalized spacial score (nSPS) is 17.4. The lowest BCUT2D eigenvalue weighted by molar-refractivity contribution is -0.302. The SMILES string of the molecule is CCCCCCCC/C=C/CC/C=C/C(O)C(COC1OC(CO)C(O)C(O)C1O)NC(=O)CCCCCCCCCCCCCCCCCCC/C=C\CCCCCCCCCCCCCCCCCCCCOC(=O)CCCCCCCCCCCCCCCCCCC. The molecule has 7 unspecified atom stereocenters. The van der Waals surface area contributed by atoms with Crippen molar-refractivity contribution >= 4 is 11.9 Å². The lowest BCUT2D eigenvalue weighted by atomic mass is 9.99. The van der Waals surface area contributed by atoms with E-state index in [1.165, 1.54) is 353 Å². The van der Waals surface area contributed by atoms with Crippen LogP contribution in [0.1, 0.15) is 431 Å². The Hall–Kier alpha value is -2.12. The molecule has 566 valence electrons. The minimum Gasteiger partial charge on any atom is -0.466 e. The van der Waals surface area contributed by atoms with E-state index in [9.17, 15) is 35.1 Å². The fourth-order valence-corrected chi connectivity index (χ4v) is 13.6. The van der Waals surface area contributed by atoms with Gasteiger partial charge < -0.3 is 45.1 Å². The smallest absolute Gasteiger partial charge is 0.305 e. The molecule has 0 aliphatic carbocycles. The molecule has 1 fully saturated rings. The van der Waals surface area contributed by atoms with Crippen LogP contribution in [0.2, 0.25) is 0 Å². The minimum atomic E-state index is -1.57. The van der Waals surface area contributed by atoms with Crippen molar-refractivity contribution in [3.8, 4) is 0 Å². The first kappa shape index (κ1) is 91.9. The lowest BCUT2D eigenvalue weighted by Gasteiger charge is -2.40. The van der Waals surface area contributed by atoms with Crippen LogP contribution in [0.15, 0.2) is 36.5 Å². The molecule has 0 aromatic carbocycles. The Morgan fingerprint density at radius 2 is 0.677 bits per heavy atom. The van der Waals surface area contributed by atoms with Gasteiger partial charge in [-0.2, -0.15) is 0 Å². The van der Waals surface area contributed by atoms with E-state index in [1.807, 2.05) is 6.08 Å². The van der Waals surface area contributed by atoms with E-state index in [-0.39, 0.29) is 18.5 Å². The Balaban J connectivity index is 1.86. The third kappa shape index (κ3) is 61.7. The molecule has 0 bridgehead atoms. The number of nitrogens with one attached hydrogen (secondary N) is 1. The van der Waals surface area contributed by atoms with Crippen LogP contribution in [0.5, 0.6) is 0 Å². The zero-order valence-corrected chi connectivity index (χ0v) is 63.4. The monoisotopic (exact) mass is 1360 g/mol. The fourth-order valence-electron chi connectivity index (χ4n) is 13.6. The molecule has 0 radical (unpaired) electrons. The van der Waals surface area contributed by atoms with Crippen molar-refractivity contribution in [3.63, 3.8) is 0 Å². The summed E-state index contributed by atoms with van der Waals surface area (Å²) in [5.74, 6) is -0.165. The second-order valence-corrected chi connectivity index (χ2v) is 29.5. The third-order valence-corrected chi connectivity index (χ3v) is 20.2. The molecule has 7 atom stereocenters. The summed E-state index contributed by atoms with van der Waals surface area (Å²) in [7, 11) is 0. The summed E-state index contributed by atoms with van der Waals surface area (Å²) in [4.78, 5) is 25.2. The van der Waals surface area contributed by atoms with Crippen LogP contribution < -0.4 is 5.32 Å². The molecule has 11 heteroatoms. The standard InChI is InChI=1S/C85H161NO10/c1-3-5-7-9-11-13-15-17-18-42-46-49-53-57-61-65-69-73-81(90)94-74-70-66-62-58-54-50-47-44-41-39-37-35-33-31-29-27-25-23-21-19-20-22-24-26-28-30-32-34-36-38-40-43-45-48-52-56-60-64-68-72-80(89)86-77(76-95-85-84(93)83(92)82(91)79(75-87)96-85)78(88)71-67-63-59-55-51-16-14-12-10-8-6-4-2/h19-20,51,55,67,71,77-79,82-85,87-88,91-93H,3-18,21-50,52-54,56-66,68-70,72-76H2,1-2H3,(H,86,89)/b20-19-,55-51+,71-67+. The summed E-state index contributed by atoms with van der Waals surface area (Å²) in [5, 5.41) is 54.5. The maximum absolute atomic E-state index is 13.1. The maximum atomic E-state index is 13.1. The molecule has 1 saturated heterocycles. The van der Waals surface area contributed by atoms with Crippen LogP contribution >= 0.6 is 0 Å². The molecule has 1 heterocycles. The summed E-state index contributed by atoms with van der Waals surface area (Å²) in [6.45, 7) is 4.38. The molecule has 1 rings (SSSR count). The average molecular weight is 1360 g/mol. The second-order valence-electron chi connectivity index (χ2n) is 29.5. The molecule has 6 N–H and O–H groups in total. The van der Waals surface area contributed by atoms with Crippen LogP contribution in [0, 0.1) is 0 Å². The zero-order valence-electron chi connectivity index (χ0n) is 63.4. The van der Waals surface area contributed by atoms with Gasteiger partial charge in [0.1, 0.15) is 24.4 Å². The number of unbranched alkanes of at least 4 members (excludes halogenated alkanes) is 58. The number of amides is 1. The Bertz CT molecular complexity index is 1690. The summed E-state index contributed by atoms with van der Waals surface area (Å²) < 4.78 is 16.8. The highest BCUT2D eigenvalue weighted by atomic mass is 16.7. The van der Waals surface area contributed by atoms with Crippen molar-refractivity contribution in [1.82, 2.24) is 5.32 Å².